The van der Waals surface area contributed by atoms with E-state index in [0.29, 0.717) is 31.1 Å². The first-order chi connectivity index (χ1) is 15.7. The average Bonchev–Trinajstić information content (AvgIpc) is 3.46. The molecule has 0 unspecified atom stereocenters. The van der Waals surface area contributed by atoms with Gasteiger partial charge >= 0.3 is 0 Å². The molecule has 1 atom stereocenters. The minimum Gasteiger partial charge on any atom is -0.494 e. The molecule has 2 aromatic rings. The molecule has 1 amide bonds. The topological polar surface area (TPSA) is 101 Å². The zero-order valence-corrected chi connectivity index (χ0v) is 19.9. The van der Waals surface area contributed by atoms with Crippen molar-refractivity contribution >= 4 is 31.5 Å². The van der Waals surface area contributed by atoms with Gasteiger partial charge in [0.1, 0.15) is 5.75 Å². The van der Waals surface area contributed by atoms with Gasteiger partial charge < -0.3 is 9.64 Å². The van der Waals surface area contributed by atoms with Gasteiger partial charge in [-0.15, -0.1) is 0 Å². The van der Waals surface area contributed by atoms with Crippen LogP contribution in [-0.2, 0) is 19.9 Å². The van der Waals surface area contributed by atoms with E-state index in [1.54, 1.807) is 24.3 Å². The fourth-order valence-electron chi connectivity index (χ4n) is 4.04. The molecule has 0 aliphatic carbocycles. The fourth-order valence-corrected chi connectivity index (χ4v) is 6.82. The van der Waals surface area contributed by atoms with Crippen molar-refractivity contribution < 1.29 is 26.4 Å². The van der Waals surface area contributed by atoms with E-state index < -0.39 is 31.8 Å². The normalized spacial score (nSPS) is 20.1. The lowest BCUT2D eigenvalue weighted by atomic mass is 10.1. The summed E-state index contributed by atoms with van der Waals surface area (Å²) in [5.74, 6) is 0.00337. The summed E-state index contributed by atoms with van der Waals surface area (Å²) in [6.45, 7) is 3.36. The lowest BCUT2D eigenvalue weighted by molar-refractivity contribution is 0.0983. The van der Waals surface area contributed by atoms with Crippen molar-refractivity contribution in [1.29, 1.82) is 0 Å². The summed E-state index contributed by atoms with van der Waals surface area (Å²) in [6.07, 6.45) is 3.17. The molecule has 0 N–H and O–H groups in total. The van der Waals surface area contributed by atoms with Crippen LogP contribution in [0.2, 0.25) is 0 Å². The highest BCUT2D eigenvalue weighted by molar-refractivity contribution is 7.94. The van der Waals surface area contributed by atoms with Crippen LogP contribution in [-0.4, -0.2) is 58.5 Å². The monoisotopic (exact) mass is 490 g/mol. The maximum Gasteiger partial charge on any atom is 0.258 e. The van der Waals surface area contributed by atoms with Crippen molar-refractivity contribution in [3.05, 3.63) is 65.6 Å². The van der Waals surface area contributed by atoms with Crippen LogP contribution in [0.1, 0.15) is 30.1 Å². The van der Waals surface area contributed by atoms with Gasteiger partial charge in [0.15, 0.2) is 9.84 Å². The molecule has 2 heterocycles. The van der Waals surface area contributed by atoms with Gasteiger partial charge in [0.25, 0.3) is 5.91 Å². The molecule has 33 heavy (non-hydrogen) atoms. The summed E-state index contributed by atoms with van der Waals surface area (Å²) in [6, 6.07) is 12.0. The van der Waals surface area contributed by atoms with Crippen molar-refractivity contribution in [3.63, 3.8) is 0 Å². The Labute approximate surface area is 194 Å². The second-order valence-corrected chi connectivity index (χ2v) is 11.8. The second-order valence-electron chi connectivity index (χ2n) is 7.96. The molecule has 1 saturated heterocycles. The summed E-state index contributed by atoms with van der Waals surface area (Å²) >= 11 is 0. The van der Waals surface area contributed by atoms with Crippen LogP contribution in [0.4, 0.5) is 5.69 Å². The third-order valence-electron chi connectivity index (χ3n) is 5.69. The lowest BCUT2D eigenvalue weighted by Gasteiger charge is -2.28. The molecule has 1 fully saturated rings. The Morgan fingerprint density at radius 2 is 1.70 bits per heavy atom. The molecule has 2 aromatic carbocycles. The van der Waals surface area contributed by atoms with Crippen molar-refractivity contribution in [1.82, 2.24) is 4.31 Å². The van der Waals surface area contributed by atoms with Gasteiger partial charge in [-0.3, -0.25) is 4.79 Å². The number of carbonyl (C=O) groups is 1. The van der Waals surface area contributed by atoms with E-state index in [0.717, 1.165) is 18.2 Å². The number of nitrogens with zero attached hydrogens (tertiary/aromatic N) is 2. The first-order valence-corrected chi connectivity index (χ1v) is 13.9. The Bertz CT molecular complexity index is 1250. The number of sulfone groups is 1. The highest BCUT2D eigenvalue weighted by Crippen LogP contribution is 2.28. The minimum atomic E-state index is -3.59. The number of ether oxygens (including phenoxy) is 1. The smallest absolute Gasteiger partial charge is 0.258 e. The van der Waals surface area contributed by atoms with Gasteiger partial charge in [0.2, 0.25) is 10.0 Å². The van der Waals surface area contributed by atoms with Crippen LogP contribution in [0.3, 0.4) is 0 Å². The Balaban J connectivity index is 1.64. The number of hydrogen-bond acceptors (Lipinski definition) is 6. The van der Waals surface area contributed by atoms with Gasteiger partial charge in [0.05, 0.1) is 23.3 Å². The predicted molar refractivity (Wildman–Crippen MR) is 126 cm³/mol. The fraction of sp³-hybridized carbons (Fsp3) is 0.348. The quantitative estimate of drug-likeness (QED) is 0.592. The van der Waals surface area contributed by atoms with Crippen molar-refractivity contribution in [2.45, 2.75) is 30.7 Å². The summed E-state index contributed by atoms with van der Waals surface area (Å²) in [7, 11) is -6.99. The summed E-state index contributed by atoms with van der Waals surface area (Å²) in [5.41, 5.74) is 0.783. The third-order valence-corrected chi connectivity index (χ3v) is 8.98. The Morgan fingerprint density at radius 3 is 2.24 bits per heavy atom. The van der Waals surface area contributed by atoms with Crippen LogP contribution in [0.15, 0.2) is 64.9 Å². The molecule has 10 heteroatoms. The van der Waals surface area contributed by atoms with Crippen LogP contribution in [0.25, 0.3) is 0 Å². The molecule has 0 bridgehead atoms. The van der Waals surface area contributed by atoms with Gasteiger partial charge in [0, 0.05) is 29.7 Å². The highest BCUT2D eigenvalue weighted by atomic mass is 32.2. The molecule has 0 saturated carbocycles. The maximum atomic E-state index is 13.5. The Morgan fingerprint density at radius 1 is 1.06 bits per heavy atom. The van der Waals surface area contributed by atoms with E-state index in [4.69, 9.17) is 4.74 Å². The molecular formula is C23H26N2O6S2. The number of anilines is 1. The zero-order chi connectivity index (χ0) is 23.6. The molecule has 0 radical (unpaired) electrons. The van der Waals surface area contributed by atoms with E-state index in [1.165, 1.54) is 39.5 Å². The second kappa shape index (κ2) is 9.28. The standard InChI is InChI=1S/C23H26N2O6S2/c1-2-31-21-9-7-19(8-10-21)25(20-13-16-32(27,28)17-20)23(26)18-5-11-22(12-6-18)33(29,30)24-14-3-4-15-24/h5-13,16,20H,2-4,14-15,17H2,1H3/t20-/m0/s1. The summed E-state index contributed by atoms with van der Waals surface area (Å²) < 4.78 is 56.5. The van der Waals surface area contributed by atoms with Gasteiger partial charge in [-0.1, -0.05) is 0 Å². The first-order valence-electron chi connectivity index (χ1n) is 10.8. The molecule has 0 spiro atoms. The number of rotatable bonds is 7. The van der Waals surface area contributed by atoms with E-state index in [-0.39, 0.29) is 16.2 Å². The molecule has 2 aliphatic rings. The molecule has 176 valence electrons. The van der Waals surface area contributed by atoms with E-state index in [1.807, 2.05) is 6.92 Å². The van der Waals surface area contributed by atoms with Crippen molar-refractivity contribution in [2.75, 3.05) is 30.3 Å². The predicted octanol–water partition coefficient (Wildman–Crippen LogP) is 2.83. The van der Waals surface area contributed by atoms with E-state index >= 15 is 0 Å². The number of hydrogen-bond donors (Lipinski definition) is 0. The number of benzene rings is 2. The number of amides is 1. The van der Waals surface area contributed by atoms with E-state index in [9.17, 15) is 21.6 Å². The van der Waals surface area contributed by atoms with Gasteiger partial charge in [-0.25, -0.2) is 16.8 Å². The molecule has 0 aromatic heterocycles. The van der Waals surface area contributed by atoms with Crippen LogP contribution in [0, 0.1) is 0 Å². The molecule has 8 nitrogen and oxygen atoms in total. The van der Waals surface area contributed by atoms with Crippen LogP contribution in [0.5, 0.6) is 5.75 Å². The lowest BCUT2D eigenvalue weighted by Crippen LogP contribution is -2.41. The van der Waals surface area contributed by atoms with Crippen molar-refractivity contribution in [3.8, 4) is 5.75 Å². The molecule has 4 rings (SSSR count). The molecule has 2 aliphatic heterocycles. The van der Waals surface area contributed by atoms with Crippen LogP contribution < -0.4 is 9.64 Å². The Hall–Kier alpha value is -2.69. The zero-order valence-electron chi connectivity index (χ0n) is 18.3. The first kappa shape index (κ1) is 23.5. The maximum absolute atomic E-state index is 13.5. The Kier molecular flexibility index (Phi) is 6.60. The van der Waals surface area contributed by atoms with Gasteiger partial charge in [-0.05, 0) is 74.4 Å². The third kappa shape index (κ3) is 4.97. The van der Waals surface area contributed by atoms with Gasteiger partial charge in [-0.2, -0.15) is 4.31 Å². The SMILES string of the molecule is CCOc1ccc(N(C(=O)c2ccc(S(=O)(=O)N3CCCC3)cc2)[C@H]2C=CS(=O)(=O)C2)cc1. The molecular weight excluding hydrogens is 464 g/mol. The minimum absolute atomic E-state index is 0.136. The van der Waals surface area contributed by atoms with E-state index in [2.05, 4.69) is 0 Å². The highest BCUT2D eigenvalue weighted by Gasteiger charge is 2.33. The van der Waals surface area contributed by atoms with Crippen LogP contribution >= 0.6 is 0 Å². The summed E-state index contributed by atoms with van der Waals surface area (Å²) in [4.78, 5) is 15.0. The average molecular weight is 491 g/mol. The largest absolute Gasteiger partial charge is 0.494 e. The van der Waals surface area contributed by atoms with Crippen molar-refractivity contribution in [2.24, 2.45) is 0 Å². The number of carbonyl (C=O) groups excluding carboxylic acids is 1. The number of sulfonamides is 1. The summed E-state index contributed by atoms with van der Waals surface area (Å²) in [5, 5.41) is 1.12.